The molecule has 0 aliphatic heterocycles. The second-order valence-corrected chi connectivity index (χ2v) is 5.69. The largest absolute Gasteiger partial charge is 0.405 e. The summed E-state index contributed by atoms with van der Waals surface area (Å²) in [6, 6.07) is -2.32. The van der Waals surface area contributed by atoms with Gasteiger partial charge in [0.2, 0.25) is 0 Å². The van der Waals surface area contributed by atoms with Gasteiger partial charge in [0.05, 0.1) is 0 Å². The van der Waals surface area contributed by atoms with Gasteiger partial charge in [-0.25, -0.2) is 0 Å². The maximum Gasteiger partial charge on any atom is 0.405 e. The highest BCUT2D eigenvalue weighted by Gasteiger charge is 2.47. The first-order valence-electron chi connectivity index (χ1n) is 6.44. The van der Waals surface area contributed by atoms with Crippen molar-refractivity contribution >= 4 is 0 Å². The first kappa shape index (κ1) is 13.1. The maximum atomic E-state index is 13.0. The Hall–Kier alpha value is -0.290. The van der Waals surface area contributed by atoms with E-state index in [1.54, 1.807) is 4.90 Å². The maximum absolute atomic E-state index is 13.0. The first-order valence-corrected chi connectivity index (χ1v) is 6.44. The van der Waals surface area contributed by atoms with E-state index in [1.165, 1.54) is 6.92 Å². The molecule has 2 aliphatic rings. The van der Waals surface area contributed by atoms with Gasteiger partial charge < -0.3 is 5.73 Å². The Bertz CT molecular complexity index is 243. The number of hydrogen-bond acceptors (Lipinski definition) is 2. The molecule has 2 rings (SSSR count). The molecule has 0 radical (unpaired) electrons. The number of nitrogens with two attached hydrogens (primary N) is 1. The lowest BCUT2D eigenvalue weighted by atomic mass is 10.1. The van der Waals surface area contributed by atoms with Crippen LogP contribution in [0.1, 0.15) is 32.6 Å². The molecule has 2 aliphatic carbocycles. The van der Waals surface area contributed by atoms with Gasteiger partial charge in [-0.1, -0.05) is 0 Å². The van der Waals surface area contributed by atoms with Crippen LogP contribution in [0.25, 0.3) is 0 Å². The van der Waals surface area contributed by atoms with Gasteiger partial charge >= 0.3 is 6.18 Å². The third kappa shape index (κ3) is 3.85. The summed E-state index contributed by atoms with van der Waals surface area (Å²) in [6.07, 6.45) is 0.0860. The van der Waals surface area contributed by atoms with E-state index in [0.29, 0.717) is 24.9 Å². The molecular formula is C12H21F3N2. The first-order chi connectivity index (χ1) is 7.88. The molecule has 2 N–H and O–H groups in total. The molecule has 5 heteroatoms. The Kier molecular flexibility index (Phi) is 3.69. The number of alkyl halides is 3. The van der Waals surface area contributed by atoms with Crippen LogP contribution in [-0.2, 0) is 0 Å². The normalized spacial score (nSPS) is 25.1. The van der Waals surface area contributed by atoms with E-state index in [1.807, 2.05) is 0 Å². The zero-order valence-corrected chi connectivity index (χ0v) is 10.2. The quantitative estimate of drug-likeness (QED) is 0.784. The van der Waals surface area contributed by atoms with Gasteiger partial charge in [0, 0.05) is 19.1 Å². The second-order valence-electron chi connectivity index (χ2n) is 5.69. The summed E-state index contributed by atoms with van der Waals surface area (Å²) >= 11 is 0. The van der Waals surface area contributed by atoms with Crippen LogP contribution >= 0.6 is 0 Å². The topological polar surface area (TPSA) is 29.3 Å². The van der Waals surface area contributed by atoms with Crippen LogP contribution in [0.15, 0.2) is 0 Å². The lowest BCUT2D eigenvalue weighted by Gasteiger charge is -2.35. The average molecular weight is 250 g/mol. The van der Waals surface area contributed by atoms with Crippen LogP contribution in [-0.4, -0.2) is 36.2 Å². The number of nitrogens with zero attached hydrogens (tertiary/aromatic N) is 1. The highest BCUT2D eigenvalue weighted by Crippen LogP contribution is 2.37. The lowest BCUT2D eigenvalue weighted by Crippen LogP contribution is -2.56. The third-order valence-corrected chi connectivity index (χ3v) is 3.61. The van der Waals surface area contributed by atoms with Crippen molar-refractivity contribution < 1.29 is 13.2 Å². The molecular weight excluding hydrogens is 229 g/mol. The van der Waals surface area contributed by atoms with Gasteiger partial charge in [-0.15, -0.1) is 0 Å². The molecule has 2 saturated carbocycles. The third-order valence-electron chi connectivity index (χ3n) is 3.61. The van der Waals surface area contributed by atoms with E-state index >= 15 is 0 Å². The van der Waals surface area contributed by atoms with Gasteiger partial charge in [0.25, 0.3) is 0 Å². The lowest BCUT2D eigenvalue weighted by molar-refractivity contribution is -0.189. The van der Waals surface area contributed by atoms with Crippen LogP contribution in [0, 0.1) is 11.8 Å². The van der Waals surface area contributed by atoms with E-state index in [4.69, 9.17) is 5.73 Å². The predicted octanol–water partition coefficient (Wildman–Crippen LogP) is 2.39. The van der Waals surface area contributed by atoms with Gasteiger partial charge in [0.1, 0.15) is 6.04 Å². The number of halogens is 3. The molecule has 17 heavy (non-hydrogen) atoms. The Morgan fingerprint density at radius 3 is 1.76 bits per heavy atom. The second kappa shape index (κ2) is 4.76. The molecule has 2 nitrogen and oxygen atoms in total. The summed E-state index contributed by atoms with van der Waals surface area (Å²) in [4.78, 5) is 1.60. The molecule has 0 aromatic rings. The fourth-order valence-corrected chi connectivity index (χ4v) is 2.40. The minimum absolute atomic E-state index is 0.470. The molecule has 2 unspecified atom stereocenters. The van der Waals surface area contributed by atoms with Crippen molar-refractivity contribution in [3.05, 3.63) is 0 Å². The monoisotopic (exact) mass is 250 g/mol. The molecule has 0 aromatic carbocycles. The van der Waals surface area contributed by atoms with E-state index in [2.05, 4.69) is 0 Å². The van der Waals surface area contributed by atoms with Crippen LogP contribution in [0.5, 0.6) is 0 Å². The summed E-state index contributed by atoms with van der Waals surface area (Å²) in [6.45, 7) is 2.61. The number of rotatable bonds is 6. The summed E-state index contributed by atoms with van der Waals surface area (Å²) in [5.74, 6) is 0.940. The SMILES string of the molecule is CC(N)C(N(CC1CC1)CC1CC1)C(F)(F)F. The number of hydrogen-bond donors (Lipinski definition) is 1. The van der Waals surface area contributed by atoms with Gasteiger partial charge in [-0.3, -0.25) is 4.90 Å². The van der Waals surface area contributed by atoms with Crippen LogP contribution in [0.4, 0.5) is 13.2 Å². The molecule has 0 amide bonds. The van der Waals surface area contributed by atoms with E-state index < -0.39 is 18.3 Å². The summed E-state index contributed by atoms with van der Waals surface area (Å²) in [5.41, 5.74) is 5.55. The van der Waals surface area contributed by atoms with E-state index in [-0.39, 0.29) is 0 Å². The molecule has 0 spiro atoms. The molecule has 2 fully saturated rings. The van der Waals surface area contributed by atoms with Crippen molar-refractivity contribution in [1.29, 1.82) is 0 Å². The van der Waals surface area contributed by atoms with Crippen molar-refractivity contribution in [3.8, 4) is 0 Å². The molecule has 0 heterocycles. The standard InChI is InChI=1S/C12H21F3N2/c1-8(16)11(12(13,14)15)17(6-9-2-3-9)7-10-4-5-10/h8-11H,2-7,16H2,1H3. The molecule has 0 bridgehead atoms. The fourth-order valence-electron chi connectivity index (χ4n) is 2.40. The minimum Gasteiger partial charge on any atom is -0.326 e. The predicted molar refractivity (Wildman–Crippen MR) is 60.5 cm³/mol. The Labute approximate surface area is 100 Å². The van der Waals surface area contributed by atoms with Gasteiger partial charge in [0.15, 0.2) is 0 Å². The molecule has 0 saturated heterocycles. The van der Waals surface area contributed by atoms with Crippen LogP contribution in [0.2, 0.25) is 0 Å². The van der Waals surface area contributed by atoms with Crippen molar-refractivity contribution in [2.45, 2.75) is 50.9 Å². The van der Waals surface area contributed by atoms with Crippen molar-refractivity contribution in [3.63, 3.8) is 0 Å². The Morgan fingerprint density at radius 1 is 1.12 bits per heavy atom. The zero-order valence-electron chi connectivity index (χ0n) is 10.2. The van der Waals surface area contributed by atoms with Gasteiger partial charge in [-0.2, -0.15) is 13.2 Å². The van der Waals surface area contributed by atoms with Crippen molar-refractivity contribution in [2.75, 3.05) is 13.1 Å². The molecule has 0 aromatic heterocycles. The fraction of sp³-hybridized carbons (Fsp3) is 1.00. The van der Waals surface area contributed by atoms with Crippen LogP contribution in [0.3, 0.4) is 0 Å². The van der Waals surface area contributed by atoms with Crippen molar-refractivity contribution in [1.82, 2.24) is 4.90 Å². The van der Waals surface area contributed by atoms with Crippen LogP contribution < -0.4 is 5.73 Å². The summed E-state index contributed by atoms with van der Waals surface area (Å²) in [5, 5.41) is 0. The average Bonchev–Trinajstić information content (AvgIpc) is 2.94. The minimum atomic E-state index is -4.21. The van der Waals surface area contributed by atoms with Gasteiger partial charge in [-0.05, 0) is 44.4 Å². The summed E-state index contributed by atoms with van der Waals surface area (Å²) in [7, 11) is 0. The smallest absolute Gasteiger partial charge is 0.326 e. The summed E-state index contributed by atoms with van der Waals surface area (Å²) < 4.78 is 39.1. The Balaban J connectivity index is 2.02. The molecule has 2 atom stereocenters. The van der Waals surface area contributed by atoms with E-state index in [0.717, 1.165) is 25.7 Å². The van der Waals surface area contributed by atoms with Crippen molar-refractivity contribution in [2.24, 2.45) is 17.6 Å². The highest BCUT2D eigenvalue weighted by atomic mass is 19.4. The zero-order chi connectivity index (χ0) is 12.6. The van der Waals surface area contributed by atoms with E-state index in [9.17, 15) is 13.2 Å². The highest BCUT2D eigenvalue weighted by molar-refractivity contribution is 4.91. The molecule has 100 valence electrons. The Morgan fingerprint density at radius 2 is 1.53 bits per heavy atom.